The van der Waals surface area contributed by atoms with Crippen LogP contribution in [0.15, 0.2) is 70.2 Å². The summed E-state index contributed by atoms with van der Waals surface area (Å²) in [5.74, 6) is -0.543. The molecule has 3 N–H and O–H groups in total. The van der Waals surface area contributed by atoms with Gasteiger partial charge in [0, 0.05) is 5.56 Å². The highest BCUT2D eigenvalue weighted by Gasteiger charge is 2.15. The number of hydrazone groups is 1. The van der Waals surface area contributed by atoms with Gasteiger partial charge in [-0.15, -0.1) is 0 Å². The molecule has 3 aromatic carbocycles. The lowest BCUT2D eigenvalue weighted by atomic mass is 10.1. The van der Waals surface area contributed by atoms with Crippen LogP contribution in [0.5, 0.6) is 11.5 Å². The van der Waals surface area contributed by atoms with Crippen LogP contribution in [0, 0.1) is 6.92 Å². The molecule has 3 rings (SSSR count). The molecule has 0 aliphatic heterocycles. The lowest BCUT2D eigenvalue weighted by Crippen LogP contribution is -2.21. The van der Waals surface area contributed by atoms with Crippen molar-refractivity contribution in [3.05, 3.63) is 87.4 Å². The van der Waals surface area contributed by atoms with Crippen molar-refractivity contribution >= 4 is 39.6 Å². The van der Waals surface area contributed by atoms with Crippen molar-refractivity contribution in [3.8, 4) is 11.5 Å². The monoisotopic (exact) mass is 481 g/mol. The third kappa shape index (κ3) is 5.29. The van der Waals surface area contributed by atoms with Crippen molar-refractivity contribution in [2.75, 3.05) is 12.4 Å². The lowest BCUT2D eigenvalue weighted by Gasteiger charge is -2.11. The fourth-order valence-corrected chi connectivity index (χ4v) is 3.32. The van der Waals surface area contributed by atoms with Gasteiger partial charge in [0.15, 0.2) is 11.5 Å². The number of phenols is 1. The van der Waals surface area contributed by atoms with Gasteiger partial charge in [-0.05, 0) is 64.3 Å². The molecule has 0 aromatic heterocycles. The molecule has 0 heterocycles. The molecule has 0 aliphatic carbocycles. The number of aryl methyl sites for hydroxylation is 1. The molecule has 158 valence electrons. The summed E-state index contributed by atoms with van der Waals surface area (Å²) in [4.78, 5) is 25.3. The smallest absolute Gasteiger partial charge is 0.273 e. The number of ether oxygens (including phenoxy) is 1. The van der Waals surface area contributed by atoms with Crippen molar-refractivity contribution in [3.63, 3.8) is 0 Å². The number of benzene rings is 3. The number of halogens is 1. The lowest BCUT2D eigenvalue weighted by molar-refractivity contribution is 0.0956. The van der Waals surface area contributed by atoms with Gasteiger partial charge < -0.3 is 15.2 Å². The van der Waals surface area contributed by atoms with Crippen molar-refractivity contribution in [2.24, 2.45) is 5.10 Å². The number of rotatable bonds is 6. The Labute approximate surface area is 187 Å². The van der Waals surface area contributed by atoms with E-state index in [0.29, 0.717) is 21.3 Å². The molecule has 7 nitrogen and oxygen atoms in total. The van der Waals surface area contributed by atoms with Gasteiger partial charge in [-0.25, -0.2) is 5.43 Å². The summed E-state index contributed by atoms with van der Waals surface area (Å²) >= 11 is 3.23. The Morgan fingerprint density at radius 3 is 2.42 bits per heavy atom. The molecule has 3 aromatic rings. The van der Waals surface area contributed by atoms with Crippen LogP contribution in [-0.4, -0.2) is 30.2 Å². The highest BCUT2D eigenvalue weighted by molar-refractivity contribution is 9.10. The Bertz CT molecular complexity index is 1160. The van der Waals surface area contributed by atoms with Crippen LogP contribution in [0.1, 0.15) is 31.8 Å². The summed E-state index contributed by atoms with van der Waals surface area (Å²) in [5.41, 5.74) is 5.05. The zero-order chi connectivity index (χ0) is 22.4. The average Bonchev–Trinajstić information content (AvgIpc) is 2.76. The molecule has 0 atom stereocenters. The van der Waals surface area contributed by atoms with Crippen LogP contribution in [0.3, 0.4) is 0 Å². The van der Waals surface area contributed by atoms with E-state index in [0.717, 1.165) is 5.56 Å². The van der Waals surface area contributed by atoms with Crippen LogP contribution in [-0.2, 0) is 0 Å². The van der Waals surface area contributed by atoms with Crippen LogP contribution in [0.2, 0.25) is 0 Å². The standard InChI is InChI=1S/C23H20BrN3O4/c1-14-7-3-4-8-16(14)22(29)26-19-10-6-5-9-17(19)23(30)27-25-13-15-11-18(24)21(28)20(12-15)31-2/h3-13,28H,1-2H3,(H,26,29)(H,27,30)/b25-13+. The number of hydrogen-bond acceptors (Lipinski definition) is 5. The Hall–Kier alpha value is -3.65. The molecule has 0 radical (unpaired) electrons. The third-order valence-electron chi connectivity index (χ3n) is 4.46. The van der Waals surface area contributed by atoms with Gasteiger partial charge in [0.05, 0.1) is 29.0 Å². The van der Waals surface area contributed by atoms with E-state index in [1.165, 1.54) is 13.3 Å². The van der Waals surface area contributed by atoms with Crippen LogP contribution < -0.4 is 15.5 Å². The SMILES string of the molecule is COc1cc(/C=N/NC(=O)c2ccccc2NC(=O)c2ccccc2C)cc(Br)c1O. The summed E-state index contributed by atoms with van der Waals surface area (Å²) in [7, 11) is 1.44. The largest absolute Gasteiger partial charge is 0.503 e. The number of carbonyl (C=O) groups is 2. The zero-order valence-electron chi connectivity index (χ0n) is 16.8. The fraction of sp³-hybridized carbons (Fsp3) is 0.0870. The van der Waals surface area contributed by atoms with Crippen LogP contribution >= 0.6 is 15.9 Å². The molecular formula is C23H20BrN3O4. The molecule has 0 unspecified atom stereocenters. The van der Waals surface area contributed by atoms with Gasteiger partial charge in [0.25, 0.3) is 11.8 Å². The molecule has 0 saturated heterocycles. The van der Waals surface area contributed by atoms with Crippen molar-refractivity contribution in [1.29, 1.82) is 0 Å². The highest BCUT2D eigenvalue weighted by Crippen LogP contribution is 2.34. The van der Waals surface area contributed by atoms with Gasteiger partial charge in [-0.2, -0.15) is 5.10 Å². The zero-order valence-corrected chi connectivity index (χ0v) is 18.4. The maximum atomic E-state index is 12.6. The van der Waals surface area contributed by atoms with E-state index in [1.807, 2.05) is 19.1 Å². The molecule has 0 fully saturated rings. The van der Waals surface area contributed by atoms with E-state index in [2.05, 4.69) is 31.8 Å². The Kier molecular flexibility index (Phi) is 7.04. The number of phenolic OH excluding ortho intramolecular Hbond substituents is 1. The maximum absolute atomic E-state index is 12.6. The molecule has 0 spiro atoms. The molecule has 31 heavy (non-hydrogen) atoms. The number of para-hydroxylation sites is 1. The molecule has 0 aliphatic rings. The Morgan fingerprint density at radius 2 is 1.71 bits per heavy atom. The number of nitrogens with zero attached hydrogens (tertiary/aromatic N) is 1. The van der Waals surface area contributed by atoms with Crippen molar-refractivity contribution < 1.29 is 19.4 Å². The first-order chi connectivity index (χ1) is 14.9. The number of nitrogens with one attached hydrogen (secondary N) is 2. The van der Waals surface area contributed by atoms with Gasteiger partial charge in [0.2, 0.25) is 0 Å². The average molecular weight is 482 g/mol. The first kappa shape index (κ1) is 22.0. The van der Waals surface area contributed by atoms with E-state index >= 15 is 0 Å². The van der Waals surface area contributed by atoms with Crippen LogP contribution in [0.4, 0.5) is 5.69 Å². The summed E-state index contributed by atoms with van der Waals surface area (Å²) in [6.45, 7) is 1.85. The molecule has 2 amide bonds. The number of methoxy groups -OCH3 is 1. The Balaban J connectivity index is 1.75. The number of hydrogen-bond donors (Lipinski definition) is 3. The third-order valence-corrected chi connectivity index (χ3v) is 5.06. The van der Waals surface area contributed by atoms with Gasteiger partial charge in [-0.1, -0.05) is 30.3 Å². The van der Waals surface area contributed by atoms with Gasteiger partial charge in [-0.3, -0.25) is 9.59 Å². The highest BCUT2D eigenvalue weighted by atomic mass is 79.9. The number of anilines is 1. The first-order valence-electron chi connectivity index (χ1n) is 9.26. The first-order valence-corrected chi connectivity index (χ1v) is 10.1. The van der Waals surface area contributed by atoms with E-state index in [1.54, 1.807) is 48.5 Å². The topological polar surface area (TPSA) is 100 Å². The number of carbonyl (C=O) groups excluding carboxylic acids is 2. The van der Waals surface area contributed by atoms with Crippen molar-refractivity contribution in [1.82, 2.24) is 5.43 Å². The predicted molar refractivity (Wildman–Crippen MR) is 123 cm³/mol. The molecule has 0 bridgehead atoms. The second-order valence-electron chi connectivity index (χ2n) is 6.57. The molecular weight excluding hydrogens is 462 g/mol. The minimum atomic E-state index is -0.484. The normalized spacial score (nSPS) is 10.7. The summed E-state index contributed by atoms with van der Waals surface area (Å²) in [6, 6.07) is 17.1. The second kappa shape index (κ2) is 9.90. The van der Waals surface area contributed by atoms with E-state index in [-0.39, 0.29) is 23.0 Å². The second-order valence-corrected chi connectivity index (χ2v) is 7.42. The summed E-state index contributed by atoms with van der Waals surface area (Å²) in [5, 5.41) is 16.6. The minimum absolute atomic E-state index is 0.0259. The maximum Gasteiger partial charge on any atom is 0.273 e. The van der Waals surface area contributed by atoms with Crippen molar-refractivity contribution in [2.45, 2.75) is 6.92 Å². The fourth-order valence-electron chi connectivity index (χ4n) is 2.86. The van der Waals surface area contributed by atoms with Crippen LogP contribution in [0.25, 0.3) is 0 Å². The predicted octanol–water partition coefficient (Wildman–Crippen LogP) is 4.49. The van der Waals surface area contributed by atoms with E-state index in [4.69, 9.17) is 4.74 Å². The van der Waals surface area contributed by atoms with Gasteiger partial charge >= 0.3 is 0 Å². The number of aromatic hydroxyl groups is 1. The quantitative estimate of drug-likeness (QED) is 0.356. The van der Waals surface area contributed by atoms with Gasteiger partial charge in [0.1, 0.15) is 0 Å². The summed E-state index contributed by atoms with van der Waals surface area (Å²) < 4.78 is 5.53. The molecule has 0 saturated carbocycles. The Morgan fingerprint density at radius 1 is 1.03 bits per heavy atom. The molecule has 8 heteroatoms. The summed E-state index contributed by atoms with van der Waals surface area (Å²) in [6.07, 6.45) is 1.42. The minimum Gasteiger partial charge on any atom is -0.503 e. The van der Waals surface area contributed by atoms with E-state index < -0.39 is 5.91 Å². The van der Waals surface area contributed by atoms with E-state index in [9.17, 15) is 14.7 Å². The number of amides is 2.